The Bertz CT molecular complexity index is 831. The van der Waals surface area contributed by atoms with Gasteiger partial charge in [-0.25, -0.2) is 5.43 Å². The van der Waals surface area contributed by atoms with Crippen molar-refractivity contribution in [3.05, 3.63) is 52.6 Å². The lowest BCUT2D eigenvalue weighted by molar-refractivity contribution is -0.123. The minimum Gasteiger partial charge on any atom is -0.493 e. The van der Waals surface area contributed by atoms with E-state index in [0.717, 1.165) is 28.0 Å². The van der Waals surface area contributed by atoms with Crippen molar-refractivity contribution in [3.63, 3.8) is 0 Å². The van der Waals surface area contributed by atoms with Gasteiger partial charge in [-0.3, -0.25) is 4.79 Å². The number of nitrogens with zero attached hydrogens (tertiary/aromatic N) is 1. The van der Waals surface area contributed by atoms with E-state index in [1.54, 1.807) is 25.5 Å². The highest BCUT2D eigenvalue weighted by atomic mass is 16.5. The lowest BCUT2D eigenvalue weighted by Gasteiger charge is -2.13. The molecule has 0 saturated heterocycles. The molecule has 0 atom stereocenters. The van der Waals surface area contributed by atoms with Crippen LogP contribution in [-0.4, -0.2) is 32.4 Å². The first-order valence-corrected chi connectivity index (χ1v) is 8.78. The van der Waals surface area contributed by atoms with E-state index in [1.807, 2.05) is 45.9 Å². The summed E-state index contributed by atoms with van der Waals surface area (Å²) in [6.45, 7) is 8.31. The highest BCUT2D eigenvalue weighted by Gasteiger charge is 2.09. The first-order chi connectivity index (χ1) is 13.0. The van der Waals surface area contributed by atoms with Crippen molar-refractivity contribution in [1.29, 1.82) is 0 Å². The maximum absolute atomic E-state index is 12.0. The van der Waals surface area contributed by atoms with Gasteiger partial charge in [0.15, 0.2) is 18.1 Å². The summed E-state index contributed by atoms with van der Waals surface area (Å²) in [6.07, 6.45) is 1.54. The van der Waals surface area contributed by atoms with Crippen molar-refractivity contribution in [1.82, 2.24) is 5.43 Å². The maximum atomic E-state index is 12.0. The molecular formula is C21H26N2O4. The summed E-state index contributed by atoms with van der Waals surface area (Å²) in [5.74, 6) is 1.69. The number of benzene rings is 2. The van der Waals surface area contributed by atoms with Gasteiger partial charge >= 0.3 is 0 Å². The van der Waals surface area contributed by atoms with Gasteiger partial charge in [-0.05, 0) is 68.1 Å². The predicted octanol–water partition coefficient (Wildman–Crippen LogP) is 3.55. The molecule has 0 unspecified atom stereocenters. The van der Waals surface area contributed by atoms with Crippen LogP contribution in [-0.2, 0) is 4.79 Å². The van der Waals surface area contributed by atoms with Gasteiger partial charge in [0, 0.05) is 0 Å². The molecule has 1 amide bonds. The zero-order valence-corrected chi connectivity index (χ0v) is 16.5. The fourth-order valence-corrected chi connectivity index (χ4v) is 2.54. The van der Waals surface area contributed by atoms with Gasteiger partial charge in [0.05, 0.1) is 19.9 Å². The number of carbonyl (C=O) groups is 1. The van der Waals surface area contributed by atoms with E-state index in [4.69, 9.17) is 14.2 Å². The van der Waals surface area contributed by atoms with Crippen molar-refractivity contribution in [2.45, 2.75) is 27.7 Å². The van der Waals surface area contributed by atoms with Crippen LogP contribution in [0.4, 0.5) is 0 Å². The Kier molecular flexibility index (Phi) is 7.23. The van der Waals surface area contributed by atoms with E-state index in [0.29, 0.717) is 18.1 Å². The minimum atomic E-state index is -0.329. The molecule has 0 radical (unpaired) electrons. The number of rotatable bonds is 8. The van der Waals surface area contributed by atoms with E-state index in [2.05, 4.69) is 10.5 Å². The Morgan fingerprint density at radius 1 is 1.07 bits per heavy atom. The molecule has 0 heterocycles. The van der Waals surface area contributed by atoms with Crippen molar-refractivity contribution in [3.8, 4) is 17.2 Å². The topological polar surface area (TPSA) is 69.2 Å². The van der Waals surface area contributed by atoms with Crippen LogP contribution in [0, 0.1) is 20.8 Å². The number of carbonyl (C=O) groups excluding carboxylic acids is 1. The van der Waals surface area contributed by atoms with Crippen LogP contribution in [0.5, 0.6) is 17.2 Å². The molecule has 0 spiro atoms. The average Bonchev–Trinajstić information content (AvgIpc) is 2.66. The van der Waals surface area contributed by atoms with E-state index < -0.39 is 0 Å². The summed E-state index contributed by atoms with van der Waals surface area (Å²) < 4.78 is 16.4. The Labute approximate surface area is 160 Å². The zero-order valence-electron chi connectivity index (χ0n) is 16.5. The lowest BCUT2D eigenvalue weighted by atomic mass is 10.1. The molecule has 0 fully saturated rings. The Morgan fingerprint density at radius 3 is 2.52 bits per heavy atom. The molecule has 0 saturated carbocycles. The fraction of sp³-hybridized carbons (Fsp3) is 0.333. The minimum absolute atomic E-state index is 0.102. The van der Waals surface area contributed by atoms with Crippen molar-refractivity contribution in [2.24, 2.45) is 5.10 Å². The van der Waals surface area contributed by atoms with Crippen LogP contribution >= 0.6 is 0 Å². The molecule has 0 aromatic heterocycles. The number of aryl methyl sites for hydroxylation is 2. The van der Waals surface area contributed by atoms with E-state index in [1.165, 1.54) is 0 Å². The first-order valence-electron chi connectivity index (χ1n) is 8.78. The second kappa shape index (κ2) is 9.62. The third kappa shape index (κ3) is 5.48. The molecular weight excluding hydrogens is 344 g/mol. The smallest absolute Gasteiger partial charge is 0.277 e. The van der Waals surface area contributed by atoms with Gasteiger partial charge in [-0.1, -0.05) is 12.1 Å². The number of amides is 1. The quantitative estimate of drug-likeness (QED) is 0.570. The highest BCUT2D eigenvalue weighted by Crippen LogP contribution is 2.27. The van der Waals surface area contributed by atoms with E-state index in [-0.39, 0.29) is 12.5 Å². The number of hydrogen-bond donors (Lipinski definition) is 1. The second-order valence-corrected chi connectivity index (χ2v) is 6.08. The Hall–Kier alpha value is -3.02. The monoisotopic (exact) mass is 370 g/mol. The van der Waals surface area contributed by atoms with Crippen LogP contribution < -0.4 is 19.6 Å². The number of nitrogens with one attached hydrogen (secondary N) is 1. The summed E-state index contributed by atoms with van der Waals surface area (Å²) in [7, 11) is 1.58. The third-order valence-electron chi connectivity index (χ3n) is 4.11. The molecule has 2 rings (SSSR count). The lowest BCUT2D eigenvalue weighted by Crippen LogP contribution is -2.25. The van der Waals surface area contributed by atoms with Gasteiger partial charge in [-0.15, -0.1) is 0 Å². The zero-order chi connectivity index (χ0) is 19.8. The summed E-state index contributed by atoms with van der Waals surface area (Å²) in [4.78, 5) is 12.0. The molecule has 144 valence electrons. The molecule has 0 aliphatic heterocycles. The predicted molar refractivity (Wildman–Crippen MR) is 106 cm³/mol. The van der Waals surface area contributed by atoms with Crippen molar-refractivity contribution >= 4 is 12.1 Å². The second-order valence-electron chi connectivity index (χ2n) is 6.08. The average molecular weight is 370 g/mol. The van der Waals surface area contributed by atoms with Crippen molar-refractivity contribution < 1.29 is 19.0 Å². The number of ether oxygens (including phenoxy) is 3. The Balaban J connectivity index is 1.93. The number of hydrazone groups is 1. The Morgan fingerprint density at radius 2 is 1.81 bits per heavy atom. The fourth-order valence-electron chi connectivity index (χ4n) is 2.54. The standard InChI is InChI=1S/C21H26N2O4/c1-6-26-18-10-9-17(11-19(18)25-5)12-22-23-20(24)13-27-21-15(3)8-7-14(2)16(21)4/h7-12H,6,13H2,1-5H3,(H,23,24). The number of hydrogen-bond acceptors (Lipinski definition) is 5. The van der Waals surface area contributed by atoms with Gasteiger partial charge in [0.2, 0.25) is 0 Å². The van der Waals surface area contributed by atoms with Gasteiger partial charge < -0.3 is 14.2 Å². The summed E-state index contributed by atoms with van der Waals surface area (Å²) in [5.41, 5.74) is 6.40. The van der Waals surface area contributed by atoms with Crippen LogP contribution in [0.3, 0.4) is 0 Å². The summed E-state index contributed by atoms with van der Waals surface area (Å²) >= 11 is 0. The highest BCUT2D eigenvalue weighted by molar-refractivity contribution is 5.83. The molecule has 0 aliphatic carbocycles. The molecule has 6 heteroatoms. The van der Waals surface area contributed by atoms with Crippen LogP contribution in [0.25, 0.3) is 0 Å². The number of methoxy groups -OCH3 is 1. The summed E-state index contributed by atoms with van der Waals surface area (Å²) in [6, 6.07) is 9.44. The molecule has 27 heavy (non-hydrogen) atoms. The van der Waals surface area contributed by atoms with E-state index in [9.17, 15) is 4.79 Å². The third-order valence-corrected chi connectivity index (χ3v) is 4.11. The van der Waals surface area contributed by atoms with Gasteiger partial charge in [0.1, 0.15) is 5.75 Å². The van der Waals surface area contributed by atoms with Gasteiger partial charge in [-0.2, -0.15) is 5.10 Å². The molecule has 6 nitrogen and oxygen atoms in total. The van der Waals surface area contributed by atoms with Crippen LogP contribution in [0.1, 0.15) is 29.2 Å². The molecule has 0 aliphatic rings. The van der Waals surface area contributed by atoms with E-state index >= 15 is 0 Å². The first kappa shape index (κ1) is 20.3. The molecule has 2 aromatic rings. The van der Waals surface area contributed by atoms with Crippen LogP contribution in [0.2, 0.25) is 0 Å². The summed E-state index contributed by atoms with van der Waals surface area (Å²) in [5, 5.41) is 3.97. The van der Waals surface area contributed by atoms with Crippen molar-refractivity contribution in [2.75, 3.05) is 20.3 Å². The SMILES string of the molecule is CCOc1ccc(C=NNC(=O)COc2c(C)ccc(C)c2C)cc1OC. The van der Waals surface area contributed by atoms with Crippen LogP contribution in [0.15, 0.2) is 35.4 Å². The largest absolute Gasteiger partial charge is 0.493 e. The molecule has 1 N–H and O–H groups in total. The van der Waals surface area contributed by atoms with Gasteiger partial charge in [0.25, 0.3) is 5.91 Å². The normalized spacial score (nSPS) is 10.7. The maximum Gasteiger partial charge on any atom is 0.277 e. The molecule has 0 bridgehead atoms. The molecule has 2 aromatic carbocycles.